The minimum atomic E-state index is -3.76. The molecule has 0 aliphatic heterocycles. The summed E-state index contributed by atoms with van der Waals surface area (Å²) < 4.78 is 22.1. The third-order valence-corrected chi connectivity index (χ3v) is 3.82. The lowest BCUT2D eigenvalue weighted by atomic mass is 10.2. The van der Waals surface area contributed by atoms with Crippen LogP contribution in [0.2, 0.25) is 0 Å². The molecule has 1 saturated carbocycles. The molecule has 2 atom stereocenters. The van der Waals surface area contributed by atoms with E-state index in [1.807, 2.05) is 0 Å². The quantitative estimate of drug-likeness (QED) is 0.717. The third kappa shape index (κ3) is 3.09. The molecule has 1 aliphatic rings. The Kier molecular flexibility index (Phi) is 3.29. The lowest BCUT2D eigenvalue weighted by molar-refractivity contribution is -0.139. The van der Waals surface area contributed by atoms with E-state index >= 15 is 0 Å². The molecule has 1 amide bonds. The van der Waals surface area contributed by atoms with E-state index in [1.165, 1.54) is 24.3 Å². The fourth-order valence-corrected chi connectivity index (χ4v) is 2.24. The van der Waals surface area contributed by atoms with E-state index in [0.717, 1.165) is 0 Å². The number of sulfonamides is 1. The molecule has 0 bridgehead atoms. The molecule has 0 radical (unpaired) electrons. The number of amides is 1. The number of carbonyl (C=O) groups is 2. The molecule has 4 N–H and O–H groups in total. The summed E-state index contributed by atoms with van der Waals surface area (Å²) in [4.78, 5) is 22.2. The first-order valence-corrected chi connectivity index (χ1v) is 7.00. The van der Waals surface area contributed by atoms with Crippen molar-refractivity contribution in [3.63, 3.8) is 0 Å². The number of hydrogen-bond donors (Lipinski definition) is 3. The number of anilines is 1. The minimum absolute atomic E-state index is 0.0552. The summed E-state index contributed by atoms with van der Waals surface area (Å²) in [5, 5.41) is 16.2. The Morgan fingerprint density at radius 1 is 1.21 bits per heavy atom. The zero-order valence-corrected chi connectivity index (χ0v) is 10.6. The Hall–Kier alpha value is -1.93. The van der Waals surface area contributed by atoms with E-state index < -0.39 is 27.8 Å². The standard InChI is InChI=1S/C11H12N2O5S/c12-19(17,18)7-3-1-6(2-4-7)13-10(14)8-5-9(8)11(15)16/h1-4,8-9H,5H2,(H,13,14)(H,15,16)(H2,12,17,18). The fraction of sp³-hybridized carbons (Fsp3) is 0.273. The third-order valence-electron chi connectivity index (χ3n) is 2.89. The maximum atomic E-state index is 11.7. The van der Waals surface area contributed by atoms with Crippen LogP contribution >= 0.6 is 0 Å². The summed E-state index contributed by atoms with van der Waals surface area (Å²) in [6, 6.07) is 5.34. The van der Waals surface area contributed by atoms with Crippen LogP contribution in [-0.4, -0.2) is 25.4 Å². The lowest BCUT2D eigenvalue weighted by Gasteiger charge is -2.05. The Morgan fingerprint density at radius 2 is 1.79 bits per heavy atom. The fourth-order valence-electron chi connectivity index (χ4n) is 1.72. The maximum absolute atomic E-state index is 11.7. The van der Waals surface area contributed by atoms with Gasteiger partial charge in [-0.1, -0.05) is 0 Å². The molecule has 1 aliphatic carbocycles. The van der Waals surface area contributed by atoms with E-state index in [4.69, 9.17) is 10.2 Å². The van der Waals surface area contributed by atoms with Crippen LogP contribution in [0.3, 0.4) is 0 Å². The summed E-state index contributed by atoms with van der Waals surface area (Å²) in [6.07, 6.45) is 0.330. The first-order valence-electron chi connectivity index (χ1n) is 5.45. The number of carboxylic acids is 1. The van der Waals surface area contributed by atoms with Crippen molar-refractivity contribution in [2.75, 3.05) is 5.32 Å². The zero-order valence-electron chi connectivity index (χ0n) is 9.74. The Bertz CT molecular complexity index is 623. The highest BCUT2D eigenvalue weighted by Gasteiger charge is 2.48. The van der Waals surface area contributed by atoms with Gasteiger partial charge in [0.2, 0.25) is 15.9 Å². The lowest BCUT2D eigenvalue weighted by Crippen LogP contribution is -2.17. The number of nitrogens with two attached hydrogens (primary N) is 1. The van der Waals surface area contributed by atoms with Crippen LogP contribution in [0.4, 0.5) is 5.69 Å². The van der Waals surface area contributed by atoms with Gasteiger partial charge >= 0.3 is 5.97 Å². The van der Waals surface area contributed by atoms with Crippen molar-refractivity contribution in [3.8, 4) is 0 Å². The van der Waals surface area contributed by atoms with Crippen LogP contribution in [0.5, 0.6) is 0 Å². The van der Waals surface area contributed by atoms with Gasteiger partial charge < -0.3 is 10.4 Å². The molecule has 1 aromatic rings. The van der Waals surface area contributed by atoms with Crippen molar-refractivity contribution in [1.29, 1.82) is 0 Å². The molecule has 7 nitrogen and oxygen atoms in total. The molecule has 2 unspecified atom stereocenters. The monoisotopic (exact) mass is 284 g/mol. The highest BCUT2D eigenvalue weighted by Crippen LogP contribution is 2.39. The second-order valence-electron chi connectivity index (χ2n) is 4.35. The second-order valence-corrected chi connectivity index (χ2v) is 5.91. The van der Waals surface area contributed by atoms with Crippen LogP contribution in [0, 0.1) is 11.8 Å². The number of primary sulfonamides is 1. The topological polar surface area (TPSA) is 127 Å². The van der Waals surface area contributed by atoms with Gasteiger partial charge in [-0.15, -0.1) is 0 Å². The van der Waals surface area contributed by atoms with Crippen LogP contribution < -0.4 is 10.5 Å². The van der Waals surface area contributed by atoms with Gasteiger partial charge in [-0.25, -0.2) is 13.6 Å². The van der Waals surface area contributed by atoms with Gasteiger partial charge in [0.25, 0.3) is 0 Å². The van der Waals surface area contributed by atoms with Crippen molar-refractivity contribution in [1.82, 2.24) is 0 Å². The van der Waals surface area contributed by atoms with E-state index in [-0.39, 0.29) is 10.8 Å². The first kappa shape index (κ1) is 13.5. The van der Waals surface area contributed by atoms with E-state index in [0.29, 0.717) is 12.1 Å². The summed E-state index contributed by atoms with van der Waals surface area (Å²) >= 11 is 0. The molecule has 8 heteroatoms. The van der Waals surface area contributed by atoms with Gasteiger partial charge in [0.05, 0.1) is 16.7 Å². The van der Waals surface area contributed by atoms with Gasteiger partial charge in [-0.05, 0) is 30.7 Å². The van der Waals surface area contributed by atoms with Gasteiger partial charge in [0.15, 0.2) is 0 Å². The van der Waals surface area contributed by atoms with Crippen LogP contribution in [0.25, 0.3) is 0 Å². The molecule has 0 saturated heterocycles. The smallest absolute Gasteiger partial charge is 0.307 e. The van der Waals surface area contributed by atoms with Crippen molar-refractivity contribution in [2.45, 2.75) is 11.3 Å². The molecule has 1 aromatic carbocycles. The van der Waals surface area contributed by atoms with Crippen LogP contribution in [-0.2, 0) is 19.6 Å². The summed E-state index contributed by atoms with van der Waals surface area (Å²) in [5.41, 5.74) is 0.397. The van der Waals surface area contributed by atoms with Gasteiger partial charge in [-0.2, -0.15) is 0 Å². The Labute approximate surface area is 109 Å². The molecular weight excluding hydrogens is 272 g/mol. The SMILES string of the molecule is NS(=O)(=O)c1ccc(NC(=O)C2CC2C(=O)O)cc1. The predicted molar refractivity (Wildman–Crippen MR) is 65.7 cm³/mol. The van der Waals surface area contributed by atoms with Crippen molar-refractivity contribution < 1.29 is 23.1 Å². The summed E-state index contributed by atoms with van der Waals surface area (Å²) in [5.74, 6) is -2.50. The molecule has 102 valence electrons. The number of hydrogen-bond acceptors (Lipinski definition) is 4. The van der Waals surface area contributed by atoms with Crippen molar-refractivity contribution >= 4 is 27.6 Å². The maximum Gasteiger partial charge on any atom is 0.307 e. The number of carbonyl (C=O) groups excluding carboxylic acids is 1. The van der Waals surface area contributed by atoms with E-state index in [9.17, 15) is 18.0 Å². The minimum Gasteiger partial charge on any atom is -0.481 e. The van der Waals surface area contributed by atoms with Gasteiger partial charge in [0.1, 0.15) is 0 Å². The molecule has 1 fully saturated rings. The normalized spacial score (nSPS) is 21.7. The zero-order chi connectivity index (χ0) is 14.2. The molecule has 19 heavy (non-hydrogen) atoms. The highest BCUT2D eigenvalue weighted by molar-refractivity contribution is 7.89. The second kappa shape index (κ2) is 4.63. The molecule has 0 heterocycles. The highest BCUT2D eigenvalue weighted by atomic mass is 32.2. The van der Waals surface area contributed by atoms with Crippen LogP contribution in [0.15, 0.2) is 29.2 Å². The largest absolute Gasteiger partial charge is 0.481 e. The number of aliphatic carboxylic acids is 1. The number of benzene rings is 1. The molecule has 2 rings (SSSR count). The Balaban J connectivity index is 2.01. The van der Waals surface area contributed by atoms with E-state index in [1.54, 1.807) is 0 Å². The average Bonchev–Trinajstić information content (AvgIpc) is 3.08. The van der Waals surface area contributed by atoms with Crippen LogP contribution in [0.1, 0.15) is 6.42 Å². The molecule has 0 spiro atoms. The Morgan fingerprint density at radius 3 is 2.21 bits per heavy atom. The van der Waals surface area contributed by atoms with Crippen molar-refractivity contribution in [2.24, 2.45) is 17.0 Å². The number of nitrogens with one attached hydrogen (secondary N) is 1. The van der Waals surface area contributed by atoms with Crippen molar-refractivity contribution in [3.05, 3.63) is 24.3 Å². The predicted octanol–water partition coefficient (Wildman–Crippen LogP) is -0.00680. The average molecular weight is 284 g/mol. The summed E-state index contributed by atoms with van der Waals surface area (Å²) in [6.45, 7) is 0. The first-order chi connectivity index (χ1) is 8.79. The van der Waals surface area contributed by atoms with Gasteiger partial charge in [0, 0.05) is 5.69 Å². The van der Waals surface area contributed by atoms with E-state index in [2.05, 4.69) is 5.32 Å². The van der Waals surface area contributed by atoms with Gasteiger partial charge in [-0.3, -0.25) is 9.59 Å². The summed E-state index contributed by atoms with van der Waals surface area (Å²) in [7, 11) is -3.76. The number of carboxylic acid groups (broad SMARTS) is 1. The molecule has 0 aromatic heterocycles. The molecular formula is C11H12N2O5S. The number of rotatable bonds is 4.